The number of ether oxygens (including phenoxy) is 2. The number of hydrogen-bond acceptors (Lipinski definition) is 4. The molecular weight excluding hydrogens is 220 g/mol. The molecule has 0 N–H and O–H groups in total. The first-order chi connectivity index (χ1) is 8.06. The molecule has 1 aliphatic carbocycles. The second-order valence-electron chi connectivity index (χ2n) is 4.45. The number of carbonyl (C=O) groups is 2. The van der Waals surface area contributed by atoms with Crippen LogP contribution in [0.15, 0.2) is 11.1 Å². The normalized spacial score (nSPS) is 20.6. The molecule has 0 radical (unpaired) electrons. The van der Waals surface area contributed by atoms with E-state index in [0.29, 0.717) is 23.5 Å². The van der Waals surface area contributed by atoms with Crippen LogP contribution in [-0.2, 0) is 19.1 Å². The third kappa shape index (κ3) is 2.68. The summed E-state index contributed by atoms with van der Waals surface area (Å²) in [5.41, 5.74) is 0.993. The van der Waals surface area contributed by atoms with E-state index in [1.807, 2.05) is 0 Å². The van der Waals surface area contributed by atoms with Crippen molar-refractivity contribution < 1.29 is 19.1 Å². The fraction of sp³-hybridized carbons (Fsp3) is 0.692. The van der Waals surface area contributed by atoms with Gasteiger partial charge >= 0.3 is 11.9 Å². The average Bonchev–Trinajstić information content (AvgIpc) is 2.27. The van der Waals surface area contributed by atoms with Crippen molar-refractivity contribution in [2.45, 2.75) is 33.1 Å². The molecule has 4 nitrogen and oxygen atoms in total. The quantitative estimate of drug-likeness (QED) is 0.690. The van der Waals surface area contributed by atoms with E-state index in [2.05, 4.69) is 18.6 Å². The maximum atomic E-state index is 11.7. The maximum absolute atomic E-state index is 11.7. The summed E-state index contributed by atoms with van der Waals surface area (Å²) in [5.74, 6) is -0.283. The highest BCUT2D eigenvalue weighted by Gasteiger charge is 2.41. The van der Waals surface area contributed by atoms with Gasteiger partial charge in [0.25, 0.3) is 0 Å². The van der Waals surface area contributed by atoms with Gasteiger partial charge in [-0.1, -0.05) is 26.7 Å². The molecule has 4 heteroatoms. The molecular formula is C13H20O4. The van der Waals surface area contributed by atoms with Crippen LogP contribution in [0.3, 0.4) is 0 Å². The number of carbonyl (C=O) groups excluding carboxylic acids is 2. The fourth-order valence-corrected chi connectivity index (χ4v) is 2.37. The van der Waals surface area contributed by atoms with Gasteiger partial charge in [0.2, 0.25) is 0 Å². The number of methoxy groups -OCH3 is 2. The van der Waals surface area contributed by atoms with Gasteiger partial charge in [0, 0.05) is 5.57 Å². The molecule has 0 bridgehead atoms. The average molecular weight is 240 g/mol. The highest BCUT2D eigenvalue weighted by molar-refractivity contribution is 6.03. The molecule has 2 unspecified atom stereocenters. The largest absolute Gasteiger partial charge is 0.466 e. The van der Waals surface area contributed by atoms with Crippen LogP contribution in [-0.4, -0.2) is 26.2 Å². The molecule has 0 heterocycles. The summed E-state index contributed by atoms with van der Waals surface area (Å²) in [5, 5.41) is 0. The highest BCUT2D eigenvalue weighted by atomic mass is 16.5. The molecule has 0 amide bonds. The Morgan fingerprint density at radius 3 is 2.35 bits per heavy atom. The van der Waals surface area contributed by atoms with Gasteiger partial charge < -0.3 is 9.47 Å². The van der Waals surface area contributed by atoms with Crippen molar-refractivity contribution in [3.05, 3.63) is 11.1 Å². The third-order valence-corrected chi connectivity index (χ3v) is 3.39. The van der Waals surface area contributed by atoms with Crippen LogP contribution in [0.5, 0.6) is 0 Å². The van der Waals surface area contributed by atoms with E-state index in [-0.39, 0.29) is 5.92 Å². The van der Waals surface area contributed by atoms with Crippen LogP contribution in [0.25, 0.3) is 0 Å². The number of rotatable bonds is 5. The topological polar surface area (TPSA) is 52.6 Å². The van der Waals surface area contributed by atoms with Crippen molar-refractivity contribution in [1.29, 1.82) is 0 Å². The minimum absolute atomic E-state index is 0.136. The Kier molecular flexibility index (Phi) is 4.73. The molecule has 2 atom stereocenters. The lowest BCUT2D eigenvalue weighted by molar-refractivity contribution is -0.141. The molecule has 1 rings (SSSR count). The minimum Gasteiger partial charge on any atom is -0.466 e. The lowest BCUT2D eigenvalue weighted by atomic mass is 9.69. The van der Waals surface area contributed by atoms with Crippen LogP contribution < -0.4 is 0 Å². The number of hydrogen-bond donors (Lipinski definition) is 0. The molecule has 0 aromatic heterocycles. The van der Waals surface area contributed by atoms with E-state index in [1.165, 1.54) is 14.2 Å². The second-order valence-corrected chi connectivity index (χ2v) is 4.45. The molecule has 0 saturated carbocycles. The van der Waals surface area contributed by atoms with Crippen molar-refractivity contribution >= 4 is 11.9 Å². The van der Waals surface area contributed by atoms with Crippen LogP contribution in [0.2, 0.25) is 0 Å². The predicted molar refractivity (Wildman–Crippen MR) is 63.2 cm³/mol. The third-order valence-electron chi connectivity index (χ3n) is 3.39. The Morgan fingerprint density at radius 2 is 1.88 bits per heavy atom. The zero-order chi connectivity index (χ0) is 13.0. The van der Waals surface area contributed by atoms with Gasteiger partial charge in [0.05, 0.1) is 19.8 Å². The molecule has 0 fully saturated rings. The van der Waals surface area contributed by atoms with Crippen molar-refractivity contribution in [2.75, 3.05) is 14.2 Å². The molecule has 0 saturated heterocycles. The zero-order valence-corrected chi connectivity index (χ0v) is 10.9. The summed E-state index contributed by atoms with van der Waals surface area (Å²) in [4.78, 5) is 23.1. The second kappa shape index (κ2) is 5.84. The van der Waals surface area contributed by atoms with Crippen molar-refractivity contribution in [1.82, 2.24) is 0 Å². The van der Waals surface area contributed by atoms with Gasteiger partial charge in [0.1, 0.15) is 0 Å². The standard InChI is InChI=1S/C13H20O4/c1-5-6-8(2)9-7-10(12(14)16-3)11(9)13(15)17-4/h8-9H,5-7H2,1-4H3. The zero-order valence-electron chi connectivity index (χ0n) is 10.9. The molecule has 0 aromatic rings. The predicted octanol–water partition coefficient (Wildman–Crippen LogP) is 2.09. The van der Waals surface area contributed by atoms with Crippen molar-refractivity contribution in [3.63, 3.8) is 0 Å². The summed E-state index contributed by atoms with van der Waals surface area (Å²) in [6, 6.07) is 0. The highest BCUT2D eigenvalue weighted by Crippen LogP contribution is 2.42. The molecule has 0 spiro atoms. The summed E-state index contributed by atoms with van der Waals surface area (Å²) in [7, 11) is 2.66. The Bertz CT molecular complexity index is 343. The molecule has 0 aliphatic heterocycles. The van der Waals surface area contributed by atoms with Crippen LogP contribution in [0, 0.1) is 11.8 Å². The molecule has 17 heavy (non-hydrogen) atoms. The van der Waals surface area contributed by atoms with E-state index >= 15 is 0 Å². The smallest absolute Gasteiger partial charge is 0.334 e. The first-order valence-electron chi connectivity index (χ1n) is 5.96. The summed E-state index contributed by atoms with van der Waals surface area (Å²) in [6.07, 6.45) is 2.73. The van der Waals surface area contributed by atoms with Crippen LogP contribution in [0.1, 0.15) is 33.1 Å². The van der Waals surface area contributed by atoms with E-state index in [1.54, 1.807) is 0 Å². The van der Waals surface area contributed by atoms with Gasteiger partial charge in [0.15, 0.2) is 0 Å². The monoisotopic (exact) mass is 240 g/mol. The van der Waals surface area contributed by atoms with Crippen molar-refractivity contribution in [3.8, 4) is 0 Å². The first-order valence-corrected chi connectivity index (χ1v) is 5.96. The lowest BCUT2D eigenvalue weighted by Gasteiger charge is -2.34. The summed E-state index contributed by atoms with van der Waals surface area (Å²) in [6.45, 7) is 4.21. The SMILES string of the molecule is CCCC(C)C1CC(C(=O)OC)=C1C(=O)OC. The Balaban J connectivity index is 2.90. The van der Waals surface area contributed by atoms with Gasteiger partial charge in [-0.3, -0.25) is 0 Å². The maximum Gasteiger partial charge on any atom is 0.334 e. The Labute approximate surface area is 102 Å². The van der Waals surface area contributed by atoms with Gasteiger partial charge in [-0.2, -0.15) is 0 Å². The van der Waals surface area contributed by atoms with E-state index in [9.17, 15) is 9.59 Å². The fourth-order valence-electron chi connectivity index (χ4n) is 2.37. The lowest BCUT2D eigenvalue weighted by Crippen LogP contribution is -2.34. The molecule has 1 aliphatic rings. The van der Waals surface area contributed by atoms with Gasteiger partial charge in [-0.15, -0.1) is 0 Å². The number of esters is 2. The van der Waals surface area contributed by atoms with Crippen LogP contribution >= 0.6 is 0 Å². The molecule has 0 aromatic carbocycles. The van der Waals surface area contributed by atoms with Crippen molar-refractivity contribution in [2.24, 2.45) is 11.8 Å². The van der Waals surface area contributed by atoms with Gasteiger partial charge in [-0.25, -0.2) is 9.59 Å². The van der Waals surface area contributed by atoms with E-state index < -0.39 is 11.9 Å². The van der Waals surface area contributed by atoms with Crippen LogP contribution in [0.4, 0.5) is 0 Å². The minimum atomic E-state index is -0.412. The molecule has 96 valence electrons. The van der Waals surface area contributed by atoms with E-state index in [0.717, 1.165) is 12.8 Å². The van der Waals surface area contributed by atoms with Gasteiger partial charge in [-0.05, 0) is 18.3 Å². The Hall–Kier alpha value is -1.32. The summed E-state index contributed by atoms with van der Waals surface area (Å²) < 4.78 is 9.40. The Morgan fingerprint density at radius 1 is 1.29 bits per heavy atom. The summed E-state index contributed by atoms with van der Waals surface area (Å²) >= 11 is 0. The van der Waals surface area contributed by atoms with E-state index in [4.69, 9.17) is 4.74 Å². The first kappa shape index (κ1) is 13.7.